The Labute approximate surface area is 149 Å². The Hall–Kier alpha value is -3.13. The summed E-state index contributed by atoms with van der Waals surface area (Å²) in [5.41, 5.74) is 3.76. The van der Waals surface area contributed by atoms with Gasteiger partial charge in [0.05, 0.1) is 11.3 Å². The van der Waals surface area contributed by atoms with Crippen LogP contribution in [0, 0.1) is 6.92 Å². The van der Waals surface area contributed by atoms with E-state index in [4.69, 9.17) is 0 Å². The number of rotatable bonds is 4. The van der Waals surface area contributed by atoms with Gasteiger partial charge in [0.2, 0.25) is 0 Å². The SMILES string of the molecule is Cc1nn2c(nnc3c(=O)n(CCN(C)C)cnc32)c1-c1ccccc1. The third-order valence-corrected chi connectivity index (χ3v) is 4.33. The van der Waals surface area contributed by atoms with Gasteiger partial charge in [0.15, 0.2) is 16.8 Å². The van der Waals surface area contributed by atoms with Crippen molar-refractivity contribution in [3.8, 4) is 11.1 Å². The van der Waals surface area contributed by atoms with Crippen LogP contribution in [0.1, 0.15) is 5.69 Å². The molecule has 0 atom stereocenters. The Morgan fingerprint density at radius 2 is 1.85 bits per heavy atom. The number of benzene rings is 1. The van der Waals surface area contributed by atoms with Gasteiger partial charge in [-0.05, 0) is 26.6 Å². The molecule has 26 heavy (non-hydrogen) atoms. The van der Waals surface area contributed by atoms with Crippen molar-refractivity contribution in [2.75, 3.05) is 20.6 Å². The van der Waals surface area contributed by atoms with Gasteiger partial charge in [0, 0.05) is 13.1 Å². The Balaban J connectivity index is 1.92. The summed E-state index contributed by atoms with van der Waals surface area (Å²) < 4.78 is 3.16. The van der Waals surface area contributed by atoms with Crippen molar-refractivity contribution in [1.82, 2.24) is 34.3 Å². The summed E-state index contributed by atoms with van der Waals surface area (Å²) in [7, 11) is 3.92. The molecule has 0 fully saturated rings. The molecule has 0 aliphatic rings. The predicted molar refractivity (Wildman–Crippen MR) is 99.1 cm³/mol. The maximum atomic E-state index is 12.7. The lowest BCUT2D eigenvalue weighted by molar-refractivity contribution is 0.380. The minimum atomic E-state index is -0.208. The number of aryl methyl sites for hydroxylation is 1. The third kappa shape index (κ3) is 2.64. The van der Waals surface area contributed by atoms with E-state index in [2.05, 4.69) is 20.3 Å². The van der Waals surface area contributed by atoms with Crippen molar-refractivity contribution >= 4 is 16.8 Å². The van der Waals surface area contributed by atoms with E-state index in [1.54, 1.807) is 15.4 Å². The van der Waals surface area contributed by atoms with Crippen LogP contribution in [0.15, 0.2) is 41.5 Å². The summed E-state index contributed by atoms with van der Waals surface area (Å²) in [5.74, 6) is 0. The first-order valence-electron chi connectivity index (χ1n) is 8.37. The third-order valence-electron chi connectivity index (χ3n) is 4.33. The number of aromatic nitrogens is 6. The second kappa shape index (κ2) is 6.30. The number of hydrogen-bond acceptors (Lipinski definition) is 6. The summed E-state index contributed by atoms with van der Waals surface area (Å²) in [4.78, 5) is 19.2. The van der Waals surface area contributed by atoms with Gasteiger partial charge in [-0.3, -0.25) is 9.36 Å². The van der Waals surface area contributed by atoms with E-state index >= 15 is 0 Å². The zero-order valence-electron chi connectivity index (χ0n) is 14.9. The van der Waals surface area contributed by atoms with Gasteiger partial charge < -0.3 is 4.90 Å². The normalized spacial score (nSPS) is 11.7. The Morgan fingerprint density at radius 3 is 2.58 bits per heavy atom. The molecule has 3 aromatic heterocycles. The van der Waals surface area contributed by atoms with Crippen molar-refractivity contribution in [2.24, 2.45) is 0 Å². The van der Waals surface area contributed by atoms with Gasteiger partial charge in [-0.25, -0.2) is 4.98 Å². The second-order valence-corrected chi connectivity index (χ2v) is 6.48. The number of likely N-dealkylation sites (N-methyl/N-ethyl adjacent to an activating group) is 1. The van der Waals surface area contributed by atoms with E-state index in [1.165, 1.54) is 0 Å². The standard InChI is InChI=1S/C18H19N7O/c1-12-14(13-7-5-4-6-8-13)16-21-20-15-17(25(16)22-12)19-11-24(18(15)26)10-9-23(2)3/h4-8,11H,9-10H2,1-3H3. The van der Waals surface area contributed by atoms with Crippen LogP contribution in [0.3, 0.4) is 0 Å². The van der Waals surface area contributed by atoms with E-state index in [0.717, 1.165) is 23.4 Å². The first kappa shape index (κ1) is 16.3. The van der Waals surface area contributed by atoms with Crippen molar-refractivity contribution < 1.29 is 0 Å². The largest absolute Gasteiger partial charge is 0.308 e. The van der Waals surface area contributed by atoms with E-state index in [0.29, 0.717) is 17.8 Å². The molecule has 3 heterocycles. The van der Waals surface area contributed by atoms with Gasteiger partial charge in [0.25, 0.3) is 5.56 Å². The molecule has 4 aromatic rings. The number of nitrogens with zero attached hydrogens (tertiary/aromatic N) is 7. The lowest BCUT2D eigenvalue weighted by atomic mass is 10.1. The molecule has 0 saturated carbocycles. The van der Waals surface area contributed by atoms with Gasteiger partial charge in [-0.15, -0.1) is 10.2 Å². The molecule has 0 saturated heterocycles. The highest BCUT2D eigenvalue weighted by molar-refractivity contribution is 5.83. The van der Waals surface area contributed by atoms with E-state index in [9.17, 15) is 4.79 Å². The molecular weight excluding hydrogens is 330 g/mol. The van der Waals surface area contributed by atoms with E-state index in [-0.39, 0.29) is 11.1 Å². The highest BCUT2D eigenvalue weighted by Gasteiger charge is 2.18. The monoisotopic (exact) mass is 349 g/mol. The van der Waals surface area contributed by atoms with E-state index in [1.807, 2.05) is 56.3 Å². The minimum absolute atomic E-state index is 0.208. The Bertz CT molecular complexity index is 1150. The molecule has 132 valence electrons. The van der Waals surface area contributed by atoms with Gasteiger partial charge in [0.1, 0.15) is 6.33 Å². The second-order valence-electron chi connectivity index (χ2n) is 6.48. The first-order valence-corrected chi connectivity index (χ1v) is 8.37. The van der Waals surface area contributed by atoms with Crippen LogP contribution < -0.4 is 5.56 Å². The summed E-state index contributed by atoms with van der Waals surface area (Å²) in [6, 6.07) is 9.90. The van der Waals surface area contributed by atoms with Crippen molar-refractivity contribution in [2.45, 2.75) is 13.5 Å². The van der Waals surface area contributed by atoms with Crippen LogP contribution in [0.25, 0.3) is 27.9 Å². The number of fused-ring (bicyclic) bond motifs is 3. The van der Waals surface area contributed by atoms with Gasteiger partial charge in [-0.1, -0.05) is 30.3 Å². The zero-order valence-corrected chi connectivity index (χ0v) is 14.9. The van der Waals surface area contributed by atoms with Crippen molar-refractivity contribution in [3.63, 3.8) is 0 Å². The fourth-order valence-corrected chi connectivity index (χ4v) is 2.97. The summed E-state index contributed by atoms with van der Waals surface area (Å²) in [6.45, 7) is 3.20. The van der Waals surface area contributed by atoms with Crippen molar-refractivity contribution in [1.29, 1.82) is 0 Å². The molecule has 0 radical (unpaired) electrons. The number of hydrogen-bond donors (Lipinski definition) is 0. The van der Waals surface area contributed by atoms with Crippen LogP contribution in [-0.2, 0) is 6.54 Å². The van der Waals surface area contributed by atoms with Crippen LogP contribution in [-0.4, -0.2) is 54.9 Å². The quantitative estimate of drug-likeness (QED) is 0.553. The van der Waals surface area contributed by atoms with Gasteiger partial charge in [-0.2, -0.15) is 9.61 Å². The van der Waals surface area contributed by atoms with Gasteiger partial charge >= 0.3 is 0 Å². The first-order chi connectivity index (χ1) is 12.6. The Kier molecular flexibility index (Phi) is 3.96. The maximum Gasteiger partial charge on any atom is 0.283 e. The molecule has 0 amide bonds. The summed E-state index contributed by atoms with van der Waals surface area (Å²) in [5, 5.41) is 13.0. The van der Waals surface area contributed by atoms with Crippen LogP contribution in [0.5, 0.6) is 0 Å². The molecule has 4 rings (SSSR count). The molecule has 0 bridgehead atoms. The molecule has 0 aliphatic carbocycles. The van der Waals surface area contributed by atoms with Crippen LogP contribution >= 0.6 is 0 Å². The van der Waals surface area contributed by atoms with Crippen LogP contribution in [0.4, 0.5) is 0 Å². The smallest absolute Gasteiger partial charge is 0.283 e. The lowest BCUT2D eigenvalue weighted by Crippen LogP contribution is -2.28. The van der Waals surface area contributed by atoms with Crippen molar-refractivity contribution in [3.05, 3.63) is 52.7 Å². The predicted octanol–water partition coefficient (Wildman–Crippen LogP) is 1.37. The summed E-state index contributed by atoms with van der Waals surface area (Å²) in [6.07, 6.45) is 1.55. The lowest BCUT2D eigenvalue weighted by Gasteiger charge is -2.11. The highest BCUT2D eigenvalue weighted by atomic mass is 16.1. The molecule has 8 heteroatoms. The molecule has 0 N–H and O–H groups in total. The molecule has 0 spiro atoms. The maximum absolute atomic E-state index is 12.7. The van der Waals surface area contributed by atoms with E-state index < -0.39 is 0 Å². The molecule has 0 unspecified atom stereocenters. The molecule has 1 aromatic carbocycles. The average Bonchev–Trinajstić information content (AvgIpc) is 2.98. The minimum Gasteiger partial charge on any atom is -0.308 e. The fourth-order valence-electron chi connectivity index (χ4n) is 2.97. The molecular formula is C18H19N7O. The van der Waals surface area contributed by atoms with Crippen LogP contribution in [0.2, 0.25) is 0 Å². The Morgan fingerprint density at radius 1 is 1.08 bits per heavy atom. The summed E-state index contributed by atoms with van der Waals surface area (Å²) >= 11 is 0. The zero-order chi connectivity index (χ0) is 18.3. The fraction of sp³-hybridized carbons (Fsp3) is 0.278. The molecule has 8 nitrogen and oxygen atoms in total. The topological polar surface area (TPSA) is 81.2 Å². The average molecular weight is 349 g/mol. The highest BCUT2D eigenvalue weighted by Crippen LogP contribution is 2.27. The molecule has 0 aliphatic heterocycles.